The molecule has 7 heteroatoms. The number of anilines is 1. The van der Waals surface area contributed by atoms with E-state index in [1.54, 1.807) is 6.07 Å². The molecular weight excluding hydrogens is 385 g/mol. The lowest BCUT2D eigenvalue weighted by atomic mass is 9.84. The number of thiocarbonyl (C=S) groups is 1. The summed E-state index contributed by atoms with van der Waals surface area (Å²) in [5.74, 6) is 0. The number of halogens is 3. The third-order valence-electron chi connectivity index (χ3n) is 5.23. The third-order valence-corrected chi connectivity index (χ3v) is 5.59. The van der Waals surface area contributed by atoms with Crippen molar-refractivity contribution in [3.8, 4) is 0 Å². The number of hydrogen-bond donors (Lipinski definition) is 2. The predicted octanol–water partition coefficient (Wildman–Crippen LogP) is 5.00. The summed E-state index contributed by atoms with van der Waals surface area (Å²) in [6.45, 7) is 4.95. The molecular formula is C21H23F3N2OS. The van der Waals surface area contributed by atoms with Crippen molar-refractivity contribution in [3.05, 3.63) is 64.7 Å². The minimum atomic E-state index is -4.43. The fraction of sp³-hybridized carbons (Fsp3) is 0.381. The molecule has 0 atom stereocenters. The first kappa shape index (κ1) is 20.6. The van der Waals surface area contributed by atoms with Crippen molar-refractivity contribution in [2.45, 2.75) is 38.5 Å². The Balaban J connectivity index is 1.67. The topological polar surface area (TPSA) is 35.5 Å². The van der Waals surface area contributed by atoms with Gasteiger partial charge in [0.15, 0.2) is 5.11 Å². The van der Waals surface area contributed by atoms with Crippen LogP contribution in [-0.4, -0.2) is 28.2 Å². The van der Waals surface area contributed by atoms with E-state index in [9.17, 15) is 18.3 Å². The van der Waals surface area contributed by atoms with E-state index in [1.807, 2.05) is 30.9 Å². The molecule has 3 rings (SSSR count). The van der Waals surface area contributed by atoms with Crippen LogP contribution in [0.2, 0.25) is 0 Å². The maximum absolute atomic E-state index is 13.0. The minimum Gasteiger partial charge on any atom is -0.385 e. The van der Waals surface area contributed by atoms with Gasteiger partial charge in [-0.15, -0.1) is 0 Å². The lowest BCUT2D eigenvalue weighted by molar-refractivity contribution is -0.137. The van der Waals surface area contributed by atoms with Gasteiger partial charge in [0.25, 0.3) is 0 Å². The Morgan fingerprint density at radius 1 is 1.11 bits per heavy atom. The molecule has 3 nitrogen and oxygen atoms in total. The van der Waals surface area contributed by atoms with Gasteiger partial charge in [0, 0.05) is 18.8 Å². The zero-order valence-corrected chi connectivity index (χ0v) is 16.6. The number of benzene rings is 2. The highest BCUT2D eigenvalue weighted by atomic mass is 32.1. The van der Waals surface area contributed by atoms with E-state index in [2.05, 4.69) is 11.4 Å². The molecule has 0 radical (unpaired) electrons. The van der Waals surface area contributed by atoms with Gasteiger partial charge in [0.05, 0.1) is 11.2 Å². The lowest BCUT2D eigenvalue weighted by Crippen LogP contribution is -2.46. The van der Waals surface area contributed by atoms with Crippen molar-refractivity contribution >= 4 is 23.0 Å². The Hall–Kier alpha value is -2.12. The number of likely N-dealkylation sites (tertiary alicyclic amines) is 1. The molecule has 150 valence electrons. The van der Waals surface area contributed by atoms with E-state index in [0.717, 1.165) is 28.9 Å². The summed E-state index contributed by atoms with van der Waals surface area (Å²) < 4.78 is 38.9. The van der Waals surface area contributed by atoms with Crippen LogP contribution >= 0.6 is 12.2 Å². The molecule has 2 aromatic carbocycles. The SMILES string of the molecule is Cc1ccc(NC(=S)N2CCC(O)(c3cccc(C(F)(F)F)c3)CC2)c(C)c1. The first-order chi connectivity index (χ1) is 13.1. The van der Waals surface area contributed by atoms with E-state index < -0.39 is 17.3 Å². The Bertz CT molecular complexity index is 874. The number of aliphatic hydroxyl groups is 1. The number of piperidine rings is 1. The van der Waals surface area contributed by atoms with Crippen LogP contribution in [0.3, 0.4) is 0 Å². The Morgan fingerprint density at radius 3 is 2.39 bits per heavy atom. The molecule has 1 aliphatic heterocycles. The number of hydrogen-bond acceptors (Lipinski definition) is 2. The summed E-state index contributed by atoms with van der Waals surface area (Å²) in [6, 6.07) is 11.0. The van der Waals surface area contributed by atoms with Crippen molar-refractivity contribution < 1.29 is 18.3 Å². The summed E-state index contributed by atoms with van der Waals surface area (Å²) in [6.07, 6.45) is -3.81. The van der Waals surface area contributed by atoms with Crippen LogP contribution < -0.4 is 5.32 Å². The molecule has 0 aromatic heterocycles. The number of rotatable bonds is 2. The van der Waals surface area contributed by atoms with Crippen LogP contribution in [0.1, 0.15) is 35.1 Å². The lowest BCUT2D eigenvalue weighted by Gasteiger charge is -2.40. The van der Waals surface area contributed by atoms with E-state index in [-0.39, 0.29) is 0 Å². The molecule has 0 saturated carbocycles. The van der Waals surface area contributed by atoms with Crippen molar-refractivity contribution in [2.75, 3.05) is 18.4 Å². The fourth-order valence-corrected chi connectivity index (χ4v) is 3.79. The van der Waals surface area contributed by atoms with Crippen molar-refractivity contribution in [3.63, 3.8) is 0 Å². The Labute approximate surface area is 168 Å². The van der Waals surface area contributed by atoms with Gasteiger partial charge >= 0.3 is 6.18 Å². The summed E-state index contributed by atoms with van der Waals surface area (Å²) in [7, 11) is 0. The zero-order chi connectivity index (χ0) is 20.5. The largest absolute Gasteiger partial charge is 0.416 e. The Kier molecular flexibility index (Phi) is 5.68. The van der Waals surface area contributed by atoms with Crippen molar-refractivity contribution in [1.82, 2.24) is 4.90 Å². The van der Waals surface area contributed by atoms with Gasteiger partial charge in [0.2, 0.25) is 0 Å². The second kappa shape index (κ2) is 7.72. The molecule has 0 unspecified atom stereocenters. The maximum atomic E-state index is 13.0. The number of nitrogens with zero attached hydrogens (tertiary/aromatic N) is 1. The monoisotopic (exact) mass is 408 g/mol. The molecule has 0 spiro atoms. The van der Waals surface area contributed by atoms with Crippen molar-refractivity contribution in [2.24, 2.45) is 0 Å². The standard InChI is InChI=1S/C21H23F3N2OS/c1-14-6-7-18(15(2)12-14)25-19(28)26-10-8-20(27,9-11-26)16-4-3-5-17(13-16)21(22,23)24/h3-7,12-13,27H,8-11H2,1-2H3,(H,25,28). The van der Waals surface area contributed by atoms with Crippen LogP contribution in [-0.2, 0) is 11.8 Å². The first-order valence-electron chi connectivity index (χ1n) is 9.12. The average Bonchev–Trinajstić information content (AvgIpc) is 2.64. The van der Waals surface area contributed by atoms with Gasteiger partial charge in [-0.1, -0.05) is 29.8 Å². The van der Waals surface area contributed by atoms with Gasteiger partial charge in [0.1, 0.15) is 0 Å². The third kappa shape index (κ3) is 4.47. The molecule has 1 saturated heterocycles. The van der Waals surface area contributed by atoms with E-state index in [4.69, 9.17) is 12.2 Å². The summed E-state index contributed by atoms with van der Waals surface area (Å²) in [4.78, 5) is 1.94. The number of nitrogens with one attached hydrogen (secondary N) is 1. The average molecular weight is 408 g/mol. The van der Waals surface area contributed by atoms with E-state index in [0.29, 0.717) is 36.6 Å². The normalized spacial score (nSPS) is 16.7. The van der Waals surface area contributed by atoms with Crippen LogP contribution in [0.5, 0.6) is 0 Å². The second-order valence-electron chi connectivity index (χ2n) is 7.35. The quantitative estimate of drug-likeness (QED) is 0.686. The number of aryl methyl sites for hydroxylation is 2. The summed E-state index contributed by atoms with van der Waals surface area (Å²) in [5.41, 5.74) is 1.45. The summed E-state index contributed by atoms with van der Waals surface area (Å²) >= 11 is 5.49. The second-order valence-corrected chi connectivity index (χ2v) is 7.73. The molecule has 1 fully saturated rings. The molecule has 2 N–H and O–H groups in total. The van der Waals surface area contributed by atoms with E-state index >= 15 is 0 Å². The molecule has 2 aromatic rings. The highest BCUT2D eigenvalue weighted by molar-refractivity contribution is 7.80. The molecule has 28 heavy (non-hydrogen) atoms. The molecule has 1 aliphatic rings. The molecule has 0 amide bonds. The van der Waals surface area contributed by atoms with Gasteiger partial charge < -0.3 is 15.3 Å². The van der Waals surface area contributed by atoms with Gasteiger partial charge in [-0.25, -0.2) is 0 Å². The maximum Gasteiger partial charge on any atom is 0.416 e. The van der Waals surface area contributed by atoms with Crippen molar-refractivity contribution in [1.29, 1.82) is 0 Å². The molecule has 0 aliphatic carbocycles. The first-order valence-corrected chi connectivity index (χ1v) is 9.53. The smallest absolute Gasteiger partial charge is 0.385 e. The number of alkyl halides is 3. The Morgan fingerprint density at radius 2 is 1.79 bits per heavy atom. The highest BCUT2D eigenvalue weighted by Gasteiger charge is 2.37. The van der Waals surface area contributed by atoms with Crippen LogP contribution in [0.4, 0.5) is 18.9 Å². The van der Waals surface area contributed by atoms with Crippen LogP contribution in [0, 0.1) is 13.8 Å². The van der Waals surface area contributed by atoms with Crippen LogP contribution in [0.15, 0.2) is 42.5 Å². The highest BCUT2D eigenvalue weighted by Crippen LogP contribution is 2.37. The van der Waals surface area contributed by atoms with Crippen LogP contribution in [0.25, 0.3) is 0 Å². The fourth-order valence-electron chi connectivity index (χ4n) is 3.50. The van der Waals surface area contributed by atoms with Gasteiger partial charge in [-0.2, -0.15) is 13.2 Å². The zero-order valence-electron chi connectivity index (χ0n) is 15.8. The van der Waals surface area contributed by atoms with Gasteiger partial charge in [-0.05, 0) is 68.2 Å². The molecule has 1 heterocycles. The van der Waals surface area contributed by atoms with E-state index in [1.165, 1.54) is 6.07 Å². The molecule has 0 bridgehead atoms. The summed E-state index contributed by atoms with van der Waals surface area (Å²) in [5, 5.41) is 14.7. The minimum absolute atomic E-state index is 0.301. The van der Waals surface area contributed by atoms with Gasteiger partial charge in [-0.3, -0.25) is 0 Å². The predicted molar refractivity (Wildman–Crippen MR) is 108 cm³/mol.